The van der Waals surface area contributed by atoms with E-state index in [-0.39, 0.29) is 5.56 Å². The fourth-order valence-corrected chi connectivity index (χ4v) is 0.619. The molecule has 0 radical (unpaired) electrons. The Bertz CT molecular complexity index is 249. The summed E-state index contributed by atoms with van der Waals surface area (Å²) in [6, 6.07) is 2.94. The monoisotopic (exact) mass is 154 g/mol. The summed E-state index contributed by atoms with van der Waals surface area (Å²) < 4.78 is 5.13. The van der Waals surface area contributed by atoms with Gasteiger partial charge in [-0.05, 0) is 6.42 Å². The second-order valence-electron chi connectivity index (χ2n) is 2.11. The van der Waals surface area contributed by atoms with E-state index >= 15 is 0 Å². The molecule has 1 aromatic rings. The lowest BCUT2D eigenvalue weighted by Crippen LogP contribution is -2.07. The van der Waals surface area contributed by atoms with E-state index in [0.717, 1.165) is 6.42 Å². The Morgan fingerprint density at radius 3 is 3.00 bits per heavy atom. The van der Waals surface area contributed by atoms with Crippen molar-refractivity contribution >= 4 is 0 Å². The van der Waals surface area contributed by atoms with Crippen LogP contribution in [0.1, 0.15) is 13.3 Å². The zero-order valence-electron chi connectivity index (χ0n) is 6.33. The number of aromatic amines is 1. The summed E-state index contributed by atoms with van der Waals surface area (Å²) in [5, 5.41) is 5.93. The Morgan fingerprint density at radius 1 is 1.64 bits per heavy atom. The minimum absolute atomic E-state index is 0.214. The van der Waals surface area contributed by atoms with Crippen molar-refractivity contribution in [2.24, 2.45) is 0 Å². The molecule has 0 atom stereocenters. The number of nitrogens with zero attached hydrogens (tertiary/aromatic N) is 1. The Labute approximate surface area is 64.2 Å². The fraction of sp³-hybridized carbons (Fsp3) is 0.429. The molecule has 0 aliphatic heterocycles. The van der Waals surface area contributed by atoms with E-state index in [1.165, 1.54) is 6.07 Å². The van der Waals surface area contributed by atoms with Gasteiger partial charge in [0.2, 0.25) is 5.88 Å². The largest absolute Gasteiger partial charge is 0.477 e. The Hall–Kier alpha value is -1.32. The Balaban J connectivity index is 2.59. The van der Waals surface area contributed by atoms with Gasteiger partial charge in [0.15, 0.2) is 0 Å². The molecular weight excluding hydrogens is 144 g/mol. The van der Waals surface area contributed by atoms with Gasteiger partial charge in [-0.2, -0.15) is 0 Å². The summed E-state index contributed by atoms with van der Waals surface area (Å²) >= 11 is 0. The van der Waals surface area contributed by atoms with E-state index in [9.17, 15) is 4.79 Å². The summed E-state index contributed by atoms with van der Waals surface area (Å²) in [5.74, 6) is 0.464. The van der Waals surface area contributed by atoms with Gasteiger partial charge in [0.05, 0.1) is 6.61 Å². The molecule has 0 spiro atoms. The van der Waals surface area contributed by atoms with Crippen molar-refractivity contribution in [1.29, 1.82) is 0 Å². The van der Waals surface area contributed by atoms with E-state index in [0.29, 0.717) is 12.5 Å². The maximum Gasteiger partial charge on any atom is 0.264 e. The van der Waals surface area contributed by atoms with Crippen molar-refractivity contribution in [3.05, 3.63) is 22.5 Å². The number of rotatable bonds is 3. The third kappa shape index (κ3) is 2.41. The fourth-order valence-electron chi connectivity index (χ4n) is 0.619. The summed E-state index contributed by atoms with van der Waals surface area (Å²) in [7, 11) is 0. The first kappa shape index (κ1) is 7.78. The lowest BCUT2D eigenvalue weighted by Gasteiger charge is -1.99. The molecule has 1 aromatic heterocycles. The second kappa shape index (κ2) is 3.75. The summed E-state index contributed by atoms with van der Waals surface area (Å²) in [6.07, 6.45) is 0.931. The van der Waals surface area contributed by atoms with E-state index < -0.39 is 0 Å². The Kier molecular flexibility index (Phi) is 2.66. The van der Waals surface area contributed by atoms with Crippen molar-refractivity contribution in [3.8, 4) is 5.88 Å². The standard InChI is InChI=1S/C7H10N2O2/c1-2-5-11-7-4-3-6(10)8-9-7/h3-4H,2,5H2,1H3,(H,8,10). The molecular formula is C7H10N2O2. The minimum atomic E-state index is -0.214. The molecule has 0 aromatic carbocycles. The summed E-state index contributed by atoms with van der Waals surface area (Å²) in [5.41, 5.74) is -0.214. The van der Waals surface area contributed by atoms with Crippen LogP contribution in [0.15, 0.2) is 16.9 Å². The number of aromatic nitrogens is 2. The molecule has 0 fully saturated rings. The number of nitrogens with one attached hydrogen (secondary N) is 1. The molecule has 60 valence electrons. The molecule has 0 saturated heterocycles. The molecule has 0 saturated carbocycles. The molecule has 0 amide bonds. The lowest BCUT2D eigenvalue weighted by molar-refractivity contribution is 0.301. The first-order valence-corrected chi connectivity index (χ1v) is 3.51. The third-order valence-corrected chi connectivity index (χ3v) is 1.11. The number of ether oxygens (including phenoxy) is 1. The van der Waals surface area contributed by atoms with Crippen LogP contribution >= 0.6 is 0 Å². The average molecular weight is 154 g/mol. The highest BCUT2D eigenvalue weighted by Gasteiger charge is 1.91. The molecule has 11 heavy (non-hydrogen) atoms. The van der Waals surface area contributed by atoms with Crippen LogP contribution in [0.2, 0.25) is 0 Å². The molecule has 0 aliphatic rings. The van der Waals surface area contributed by atoms with Gasteiger partial charge in [-0.3, -0.25) is 4.79 Å². The first-order valence-electron chi connectivity index (χ1n) is 3.51. The maximum absolute atomic E-state index is 10.5. The van der Waals surface area contributed by atoms with Gasteiger partial charge in [0.25, 0.3) is 5.56 Å². The molecule has 0 bridgehead atoms. The van der Waals surface area contributed by atoms with Crippen LogP contribution < -0.4 is 10.3 Å². The van der Waals surface area contributed by atoms with E-state index in [1.54, 1.807) is 6.07 Å². The van der Waals surface area contributed by atoms with Crippen molar-refractivity contribution in [2.75, 3.05) is 6.61 Å². The van der Waals surface area contributed by atoms with Gasteiger partial charge in [-0.15, -0.1) is 5.10 Å². The molecule has 1 heterocycles. The quantitative estimate of drug-likeness (QED) is 0.692. The minimum Gasteiger partial charge on any atom is -0.477 e. The van der Waals surface area contributed by atoms with Crippen LogP contribution in [-0.2, 0) is 0 Å². The van der Waals surface area contributed by atoms with Gasteiger partial charge < -0.3 is 4.74 Å². The molecule has 4 heteroatoms. The third-order valence-electron chi connectivity index (χ3n) is 1.11. The van der Waals surface area contributed by atoms with E-state index in [1.807, 2.05) is 6.92 Å². The van der Waals surface area contributed by atoms with Gasteiger partial charge >= 0.3 is 0 Å². The van der Waals surface area contributed by atoms with Crippen molar-refractivity contribution < 1.29 is 4.74 Å². The summed E-state index contributed by atoms with van der Waals surface area (Å²) in [6.45, 7) is 2.63. The number of hydrogen-bond donors (Lipinski definition) is 1. The van der Waals surface area contributed by atoms with Crippen LogP contribution in [-0.4, -0.2) is 16.8 Å². The second-order valence-corrected chi connectivity index (χ2v) is 2.11. The lowest BCUT2D eigenvalue weighted by atomic mass is 10.5. The predicted octanol–water partition coefficient (Wildman–Crippen LogP) is 0.559. The van der Waals surface area contributed by atoms with Crippen molar-refractivity contribution in [2.45, 2.75) is 13.3 Å². The van der Waals surface area contributed by atoms with Crippen LogP contribution in [0, 0.1) is 0 Å². The van der Waals surface area contributed by atoms with Crippen LogP contribution in [0.3, 0.4) is 0 Å². The molecule has 1 N–H and O–H groups in total. The van der Waals surface area contributed by atoms with Gasteiger partial charge in [0.1, 0.15) is 0 Å². The van der Waals surface area contributed by atoms with Gasteiger partial charge in [-0.1, -0.05) is 6.92 Å². The van der Waals surface area contributed by atoms with E-state index in [2.05, 4.69) is 10.2 Å². The SMILES string of the molecule is CCCOc1ccc(=O)[nH]n1. The molecule has 0 aliphatic carbocycles. The highest BCUT2D eigenvalue weighted by atomic mass is 16.5. The van der Waals surface area contributed by atoms with Crippen molar-refractivity contribution in [1.82, 2.24) is 10.2 Å². The molecule has 1 rings (SSSR count). The van der Waals surface area contributed by atoms with E-state index in [4.69, 9.17) is 4.74 Å². The van der Waals surface area contributed by atoms with Gasteiger partial charge in [0, 0.05) is 12.1 Å². The molecule has 4 nitrogen and oxygen atoms in total. The van der Waals surface area contributed by atoms with Crippen LogP contribution in [0.4, 0.5) is 0 Å². The number of H-pyrrole nitrogens is 1. The Morgan fingerprint density at radius 2 is 2.45 bits per heavy atom. The highest BCUT2D eigenvalue weighted by Crippen LogP contribution is 1.99. The van der Waals surface area contributed by atoms with Gasteiger partial charge in [-0.25, -0.2) is 5.10 Å². The smallest absolute Gasteiger partial charge is 0.264 e. The zero-order chi connectivity index (χ0) is 8.10. The predicted molar refractivity (Wildman–Crippen MR) is 40.6 cm³/mol. The normalized spacial score (nSPS) is 9.55. The summed E-state index contributed by atoms with van der Waals surface area (Å²) in [4.78, 5) is 10.5. The van der Waals surface area contributed by atoms with Crippen molar-refractivity contribution in [3.63, 3.8) is 0 Å². The zero-order valence-corrected chi connectivity index (χ0v) is 6.33. The van der Waals surface area contributed by atoms with Crippen LogP contribution in [0.5, 0.6) is 5.88 Å². The molecule has 0 unspecified atom stereocenters. The highest BCUT2D eigenvalue weighted by molar-refractivity contribution is 5.05. The first-order chi connectivity index (χ1) is 5.33. The maximum atomic E-state index is 10.5. The average Bonchev–Trinajstić information content (AvgIpc) is 2.04. The van der Waals surface area contributed by atoms with Crippen LogP contribution in [0.25, 0.3) is 0 Å². The number of hydrogen-bond acceptors (Lipinski definition) is 3. The topological polar surface area (TPSA) is 55.0 Å².